The smallest absolute Gasteiger partial charge is 0.328 e. The lowest BCUT2D eigenvalue weighted by Gasteiger charge is -2.22. The molecule has 1 aromatic heterocycles. The van der Waals surface area contributed by atoms with E-state index in [0.717, 1.165) is 24.3 Å². The van der Waals surface area contributed by atoms with Crippen LogP contribution < -0.4 is 0 Å². The summed E-state index contributed by atoms with van der Waals surface area (Å²) in [6, 6.07) is -0.00195. The van der Waals surface area contributed by atoms with Crippen LogP contribution in [0.15, 0.2) is 12.3 Å². The molecule has 2 rings (SSSR count). The maximum atomic E-state index is 13.5. The number of ether oxygens (including phenoxy) is 1. The summed E-state index contributed by atoms with van der Waals surface area (Å²) in [5.74, 6) is -4.40. The number of pyridine rings is 1. The van der Waals surface area contributed by atoms with Crippen LogP contribution >= 0.6 is 0 Å². The number of aliphatic hydroxyl groups excluding tert-OH is 1. The number of likely N-dealkylation sites (tertiary alicyclic amines) is 1. The van der Waals surface area contributed by atoms with E-state index in [0.29, 0.717) is 0 Å². The molecule has 1 aromatic rings. The molecule has 20 heavy (non-hydrogen) atoms. The first kappa shape index (κ1) is 14.3. The molecular formula is C12H12F2N2O4. The Kier molecular flexibility index (Phi) is 3.93. The number of halogens is 2. The lowest BCUT2D eigenvalue weighted by Crippen LogP contribution is -2.41. The molecule has 0 aliphatic carbocycles. The number of aliphatic hydroxyl groups is 1. The number of aromatic nitrogens is 1. The van der Waals surface area contributed by atoms with Gasteiger partial charge in [0.15, 0.2) is 5.82 Å². The summed E-state index contributed by atoms with van der Waals surface area (Å²) < 4.78 is 31.1. The van der Waals surface area contributed by atoms with Crippen LogP contribution in [0.1, 0.15) is 16.8 Å². The van der Waals surface area contributed by atoms with Gasteiger partial charge in [-0.2, -0.15) is 4.39 Å². The van der Waals surface area contributed by atoms with Gasteiger partial charge in [-0.1, -0.05) is 0 Å². The summed E-state index contributed by atoms with van der Waals surface area (Å²) in [4.78, 5) is 27.8. The zero-order valence-corrected chi connectivity index (χ0v) is 10.5. The van der Waals surface area contributed by atoms with E-state index in [9.17, 15) is 23.5 Å². The maximum Gasteiger partial charge on any atom is 0.328 e. The molecule has 108 valence electrons. The van der Waals surface area contributed by atoms with Gasteiger partial charge in [-0.25, -0.2) is 14.2 Å². The monoisotopic (exact) mass is 286 g/mol. The molecule has 0 saturated carbocycles. The van der Waals surface area contributed by atoms with Gasteiger partial charge in [-0.3, -0.25) is 4.79 Å². The van der Waals surface area contributed by atoms with Crippen molar-refractivity contribution in [3.05, 3.63) is 29.6 Å². The minimum atomic E-state index is -1.40. The third kappa shape index (κ3) is 2.46. The lowest BCUT2D eigenvalue weighted by molar-refractivity contribution is -0.145. The van der Waals surface area contributed by atoms with Crippen molar-refractivity contribution in [3.63, 3.8) is 0 Å². The molecule has 0 radical (unpaired) electrons. The zero-order valence-electron chi connectivity index (χ0n) is 10.5. The molecule has 0 bridgehead atoms. The molecule has 1 aliphatic heterocycles. The van der Waals surface area contributed by atoms with Crippen LogP contribution in [0.2, 0.25) is 0 Å². The van der Waals surface area contributed by atoms with E-state index in [4.69, 9.17) is 0 Å². The molecule has 2 atom stereocenters. The van der Waals surface area contributed by atoms with Crippen molar-refractivity contribution >= 4 is 11.9 Å². The second-order valence-corrected chi connectivity index (χ2v) is 4.35. The number of β-amino-alcohol motifs (C(OH)–C–C–N with tert-alkyl or cyclic N) is 1. The molecule has 0 spiro atoms. The van der Waals surface area contributed by atoms with E-state index in [1.165, 1.54) is 0 Å². The van der Waals surface area contributed by atoms with Crippen molar-refractivity contribution in [2.24, 2.45) is 0 Å². The highest BCUT2D eigenvalue weighted by Crippen LogP contribution is 2.23. The van der Waals surface area contributed by atoms with Gasteiger partial charge < -0.3 is 14.7 Å². The Balaban J connectivity index is 2.31. The average Bonchev–Trinajstić information content (AvgIpc) is 2.82. The normalized spacial score (nSPS) is 21.9. The fourth-order valence-electron chi connectivity index (χ4n) is 2.14. The molecule has 2 unspecified atom stereocenters. The highest BCUT2D eigenvalue weighted by atomic mass is 19.2. The molecule has 1 saturated heterocycles. The van der Waals surface area contributed by atoms with E-state index < -0.39 is 41.4 Å². The molecule has 1 N–H and O–H groups in total. The summed E-state index contributed by atoms with van der Waals surface area (Å²) in [6.07, 6.45) is 0.0246. The third-order valence-corrected chi connectivity index (χ3v) is 3.09. The van der Waals surface area contributed by atoms with Crippen LogP contribution in [0.5, 0.6) is 0 Å². The second-order valence-electron chi connectivity index (χ2n) is 4.35. The minimum absolute atomic E-state index is 0.00635. The topological polar surface area (TPSA) is 79.7 Å². The van der Waals surface area contributed by atoms with Gasteiger partial charge in [-0.15, -0.1) is 0 Å². The first-order valence-corrected chi connectivity index (χ1v) is 5.82. The summed E-state index contributed by atoms with van der Waals surface area (Å²) in [5, 5.41) is 9.55. The third-order valence-electron chi connectivity index (χ3n) is 3.09. The van der Waals surface area contributed by atoms with Gasteiger partial charge in [0.2, 0.25) is 5.95 Å². The predicted molar refractivity (Wildman–Crippen MR) is 61.6 cm³/mol. The standard InChI is InChI=1S/C12H12F2N2O4/c1-20-12(19)8-4-6(17)5-16(8)11(18)7-2-3-15-10(14)9(7)13/h2-3,6,8,17H,4-5H2,1H3. The fraction of sp³-hybridized carbons (Fsp3) is 0.417. The van der Waals surface area contributed by atoms with Crippen LogP contribution in [0.3, 0.4) is 0 Å². The number of esters is 1. The van der Waals surface area contributed by atoms with Gasteiger partial charge in [0.25, 0.3) is 5.91 Å². The lowest BCUT2D eigenvalue weighted by atomic mass is 10.2. The van der Waals surface area contributed by atoms with Crippen LogP contribution in [0.25, 0.3) is 0 Å². The fourth-order valence-corrected chi connectivity index (χ4v) is 2.14. The average molecular weight is 286 g/mol. The number of rotatable bonds is 2. The Bertz CT molecular complexity index is 552. The molecule has 1 amide bonds. The van der Waals surface area contributed by atoms with Crippen molar-refractivity contribution in [2.75, 3.05) is 13.7 Å². The van der Waals surface area contributed by atoms with Crippen LogP contribution in [0, 0.1) is 11.8 Å². The van der Waals surface area contributed by atoms with E-state index in [2.05, 4.69) is 9.72 Å². The van der Waals surface area contributed by atoms with Gasteiger partial charge in [0.05, 0.1) is 18.8 Å². The number of carbonyl (C=O) groups is 2. The van der Waals surface area contributed by atoms with Crippen LogP contribution in [-0.2, 0) is 9.53 Å². The number of hydrogen-bond donors (Lipinski definition) is 1. The molecule has 2 heterocycles. The molecular weight excluding hydrogens is 274 g/mol. The van der Waals surface area contributed by atoms with Gasteiger partial charge in [0, 0.05) is 19.2 Å². The summed E-state index contributed by atoms with van der Waals surface area (Å²) in [7, 11) is 1.14. The molecule has 6 nitrogen and oxygen atoms in total. The summed E-state index contributed by atoms with van der Waals surface area (Å²) in [6.45, 7) is -0.151. The number of amides is 1. The SMILES string of the molecule is COC(=O)C1CC(O)CN1C(=O)c1ccnc(F)c1F. The van der Waals surface area contributed by atoms with E-state index in [1.54, 1.807) is 0 Å². The van der Waals surface area contributed by atoms with E-state index in [1.807, 2.05) is 0 Å². The quantitative estimate of drug-likeness (QED) is 0.616. The molecule has 1 aliphatic rings. The van der Waals surface area contributed by atoms with Gasteiger partial charge in [-0.05, 0) is 6.07 Å². The Morgan fingerprint density at radius 3 is 2.85 bits per heavy atom. The number of methoxy groups -OCH3 is 1. The molecule has 8 heteroatoms. The van der Waals surface area contributed by atoms with Gasteiger partial charge >= 0.3 is 5.97 Å². The Morgan fingerprint density at radius 2 is 2.20 bits per heavy atom. The van der Waals surface area contributed by atoms with E-state index >= 15 is 0 Å². The van der Waals surface area contributed by atoms with E-state index in [-0.39, 0.29) is 13.0 Å². The predicted octanol–water partition coefficient (Wildman–Crippen LogP) is 0.108. The maximum absolute atomic E-state index is 13.5. The number of nitrogens with zero attached hydrogens (tertiary/aromatic N) is 2. The highest BCUT2D eigenvalue weighted by Gasteiger charge is 2.40. The van der Waals surface area contributed by atoms with Crippen molar-refractivity contribution in [1.82, 2.24) is 9.88 Å². The summed E-state index contributed by atoms with van der Waals surface area (Å²) in [5.41, 5.74) is -0.541. The minimum Gasteiger partial charge on any atom is -0.467 e. The van der Waals surface area contributed by atoms with Crippen molar-refractivity contribution in [3.8, 4) is 0 Å². The van der Waals surface area contributed by atoms with Crippen molar-refractivity contribution < 1.29 is 28.2 Å². The summed E-state index contributed by atoms with van der Waals surface area (Å²) >= 11 is 0. The largest absolute Gasteiger partial charge is 0.467 e. The first-order chi connectivity index (χ1) is 9.45. The van der Waals surface area contributed by atoms with Crippen LogP contribution in [-0.4, -0.2) is 52.7 Å². The Labute approximate surface area is 113 Å². The molecule has 0 aromatic carbocycles. The second kappa shape index (κ2) is 5.49. The number of hydrogen-bond acceptors (Lipinski definition) is 5. The molecule has 1 fully saturated rings. The number of carbonyl (C=O) groups excluding carboxylic acids is 2. The van der Waals surface area contributed by atoms with Crippen LogP contribution in [0.4, 0.5) is 8.78 Å². The highest BCUT2D eigenvalue weighted by molar-refractivity contribution is 5.97. The van der Waals surface area contributed by atoms with Gasteiger partial charge in [0.1, 0.15) is 6.04 Å². The Hall–Kier alpha value is -2.09. The first-order valence-electron chi connectivity index (χ1n) is 5.82. The van der Waals surface area contributed by atoms with Crippen molar-refractivity contribution in [1.29, 1.82) is 0 Å². The zero-order chi connectivity index (χ0) is 14.9. The Morgan fingerprint density at radius 1 is 1.50 bits per heavy atom. The van der Waals surface area contributed by atoms with Crippen molar-refractivity contribution in [2.45, 2.75) is 18.6 Å².